The topological polar surface area (TPSA) is 108 Å². The van der Waals surface area contributed by atoms with E-state index in [2.05, 4.69) is 0 Å². The first kappa shape index (κ1) is 29.3. The lowest BCUT2D eigenvalue weighted by molar-refractivity contribution is -0.212. The summed E-state index contributed by atoms with van der Waals surface area (Å²) >= 11 is 0. The molecule has 3 aliphatic carbocycles. The second-order valence-corrected chi connectivity index (χ2v) is 12.9. The largest absolute Gasteiger partial charge is 0.482 e. The third-order valence-electron chi connectivity index (χ3n) is 8.99. The van der Waals surface area contributed by atoms with Crippen molar-refractivity contribution < 1.29 is 54.3 Å². The third kappa shape index (κ3) is 4.78. The zero-order valence-electron chi connectivity index (χ0n) is 22.3. The van der Waals surface area contributed by atoms with E-state index in [0.717, 1.165) is 25.7 Å². The molecule has 0 spiro atoms. The van der Waals surface area contributed by atoms with Crippen molar-refractivity contribution in [3.05, 3.63) is 65.7 Å². The summed E-state index contributed by atoms with van der Waals surface area (Å²) in [5, 5.41) is -5.65. The Hall–Kier alpha value is -2.74. The maximum atomic E-state index is 15.0. The van der Waals surface area contributed by atoms with E-state index in [1.165, 1.54) is 0 Å². The van der Waals surface area contributed by atoms with E-state index >= 15 is 8.78 Å². The number of carbonyl (C=O) groups excluding carboxylic acids is 1. The molecule has 42 heavy (non-hydrogen) atoms. The minimum atomic E-state index is -6.36. The van der Waals surface area contributed by atoms with E-state index in [-0.39, 0.29) is 19.1 Å². The molecule has 6 rings (SSSR count). The van der Waals surface area contributed by atoms with Gasteiger partial charge in [-0.15, -0.1) is 0 Å². The van der Waals surface area contributed by atoms with E-state index < -0.39 is 69.4 Å². The highest BCUT2D eigenvalue weighted by atomic mass is 32.2. The molecule has 228 valence electrons. The monoisotopic (exact) mass is 614 g/mol. The first-order valence-electron chi connectivity index (χ1n) is 13.9. The molecule has 2 aromatic rings. The fourth-order valence-corrected chi connectivity index (χ4v) is 7.52. The van der Waals surface area contributed by atoms with Crippen LogP contribution >= 0.6 is 0 Å². The lowest BCUT2D eigenvalue weighted by Gasteiger charge is -2.36. The minimum Gasteiger partial charge on any atom is -0.482 e. The van der Waals surface area contributed by atoms with E-state index in [1.807, 2.05) is 0 Å². The Kier molecular flexibility index (Phi) is 7.31. The summed E-state index contributed by atoms with van der Waals surface area (Å²) in [6.07, 6.45) is 1.59. The number of rotatable bonds is 9. The predicted molar refractivity (Wildman–Crippen MR) is 138 cm³/mol. The van der Waals surface area contributed by atoms with Crippen LogP contribution in [0.5, 0.6) is 5.75 Å². The molecule has 0 amide bonds. The molecule has 3 saturated carbocycles. The first-order valence-corrected chi connectivity index (χ1v) is 15.3. The van der Waals surface area contributed by atoms with Gasteiger partial charge in [0.15, 0.2) is 6.61 Å². The Balaban J connectivity index is 1.23. The van der Waals surface area contributed by atoms with Gasteiger partial charge < -0.3 is 18.9 Å². The van der Waals surface area contributed by atoms with Gasteiger partial charge in [0.1, 0.15) is 11.9 Å². The Morgan fingerprint density at radius 3 is 2.19 bits per heavy atom. The van der Waals surface area contributed by atoms with Gasteiger partial charge in [0.25, 0.3) is 0 Å². The smallest absolute Gasteiger partial charge is 0.431 e. The van der Waals surface area contributed by atoms with Crippen molar-refractivity contribution >= 4 is 16.1 Å². The SMILES string of the molecule is O=C(COc1ccc(C2(c3ccccc3)OC3C4CC(C3O2)C(C(F)(F)C(F)(F)S(=O)(=O)O)C4)cc1)OC1CCCC1. The van der Waals surface area contributed by atoms with Crippen LogP contribution in [0.2, 0.25) is 0 Å². The van der Waals surface area contributed by atoms with Crippen molar-refractivity contribution in [1.82, 2.24) is 0 Å². The third-order valence-corrected chi connectivity index (χ3v) is 9.91. The quantitative estimate of drug-likeness (QED) is 0.230. The average Bonchev–Trinajstić information content (AvgIpc) is 3.75. The fourth-order valence-electron chi connectivity index (χ4n) is 7.02. The number of fused-ring (bicyclic) bond motifs is 5. The number of ether oxygens (including phenoxy) is 4. The van der Waals surface area contributed by atoms with Crippen molar-refractivity contribution in [2.45, 2.75) is 73.8 Å². The number of carbonyl (C=O) groups is 1. The Bertz CT molecular complexity index is 1410. The van der Waals surface area contributed by atoms with Crippen LogP contribution in [0.4, 0.5) is 17.6 Å². The second kappa shape index (κ2) is 10.5. The first-order chi connectivity index (χ1) is 19.8. The van der Waals surface area contributed by atoms with Crippen molar-refractivity contribution in [2.24, 2.45) is 17.8 Å². The molecule has 0 aromatic heterocycles. The van der Waals surface area contributed by atoms with Gasteiger partial charge in [-0.3, -0.25) is 4.55 Å². The van der Waals surface area contributed by atoms with Gasteiger partial charge in [-0.05, 0) is 74.6 Å². The van der Waals surface area contributed by atoms with Gasteiger partial charge in [0.05, 0.1) is 12.2 Å². The molecule has 1 saturated heterocycles. The Morgan fingerprint density at radius 1 is 0.929 bits per heavy atom. The molecule has 4 fully saturated rings. The van der Waals surface area contributed by atoms with Crippen LogP contribution in [-0.2, 0) is 34.9 Å². The van der Waals surface area contributed by atoms with Crippen LogP contribution in [0.15, 0.2) is 54.6 Å². The molecular formula is C29H30F4O8S. The minimum absolute atomic E-state index is 0.0839. The maximum absolute atomic E-state index is 15.0. The van der Waals surface area contributed by atoms with Gasteiger partial charge in [0, 0.05) is 17.0 Å². The maximum Gasteiger partial charge on any atom is 0.431 e. The summed E-state index contributed by atoms with van der Waals surface area (Å²) < 4.78 is 114. The standard InChI is InChI=1S/C29H30F4O8S/c30-28(31,29(32,33)42(35,36)37)23-15-17-14-22(23)26-25(17)40-27(41-26,18-6-2-1-3-7-18)19-10-12-20(13-11-19)38-16-24(34)39-21-8-4-5-9-21/h1-3,6-7,10-13,17,21-23,25-26H,4-5,8-9,14-16H2,(H,35,36,37). The van der Waals surface area contributed by atoms with Crippen molar-refractivity contribution in [3.8, 4) is 5.75 Å². The molecule has 4 aliphatic rings. The van der Waals surface area contributed by atoms with Gasteiger partial charge in [-0.1, -0.05) is 30.3 Å². The van der Waals surface area contributed by atoms with Crippen LogP contribution in [0.1, 0.15) is 49.7 Å². The van der Waals surface area contributed by atoms with Gasteiger partial charge in [0.2, 0.25) is 5.79 Å². The molecule has 1 heterocycles. The number of hydrogen-bond donors (Lipinski definition) is 1. The van der Waals surface area contributed by atoms with Crippen LogP contribution in [-0.4, -0.2) is 55.0 Å². The molecule has 8 nitrogen and oxygen atoms in total. The zero-order valence-corrected chi connectivity index (χ0v) is 23.2. The highest BCUT2D eigenvalue weighted by molar-refractivity contribution is 7.87. The van der Waals surface area contributed by atoms with Crippen molar-refractivity contribution in [3.63, 3.8) is 0 Å². The molecule has 0 radical (unpaired) electrons. The second-order valence-electron chi connectivity index (χ2n) is 11.5. The lowest BCUT2D eigenvalue weighted by atomic mass is 9.81. The predicted octanol–water partition coefficient (Wildman–Crippen LogP) is 5.31. The van der Waals surface area contributed by atoms with Gasteiger partial charge in [-0.25, -0.2) is 4.79 Å². The summed E-state index contributed by atoms with van der Waals surface area (Å²) in [7, 11) is -6.36. The summed E-state index contributed by atoms with van der Waals surface area (Å²) in [4.78, 5) is 12.1. The van der Waals surface area contributed by atoms with Gasteiger partial charge in [-0.2, -0.15) is 26.0 Å². The van der Waals surface area contributed by atoms with Crippen LogP contribution in [0.25, 0.3) is 0 Å². The number of halogens is 4. The van der Waals surface area contributed by atoms with E-state index in [1.54, 1.807) is 54.6 Å². The summed E-state index contributed by atoms with van der Waals surface area (Å²) in [5.41, 5.74) is 1.02. The van der Waals surface area contributed by atoms with Crippen LogP contribution in [0, 0.1) is 17.8 Å². The van der Waals surface area contributed by atoms with Crippen LogP contribution < -0.4 is 4.74 Å². The van der Waals surface area contributed by atoms with Crippen molar-refractivity contribution in [2.75, 3.05) is 6.61 Å². The molecule has 1 N–H and O–H groups in total. The lowest BCUT2D eigenvalue weighted by Crippen LogP contribution is -2.55. The molecule has 2 bridgehead atoms. The van der Waals surface area contributed by atoms with Gasteiger partial charge >= 0.3 is 27.3 Å². The van der Waals surface area contributed by atoms with E-state index in [9.17, 15) is 22.0 Å². The number of benzene rings is 2. The zero-order chi connectivity index (χ0) is 29.9. The summed E-state index contributed by atoms with van der Waals surface area (Å²) in [6.45, 7) is -0.274. The summed E-state index contributed by atoms with van der Waals surface area (Å²) in [5.74, 6) is -10.5. The molecule has 6 unspecified atom stereocenters. The molecule has 13 heteroatoms. The Labute approximate surface area is 240 Å². The number of esters is 1. The molecule has 6 atom stereocenters. The highest BCUT2D eigenvalue weighted by Gasteiger charge is 2.75. The number of hydrogen-bond acceptors (Lipinski definition) is 7. The van der Waals surface area contributed by atoms with Crippen LogP contribution in [0.3, 0.4) is 0 Å². The van der Waals surface area contributed by atoms with E-state index in [4.69, 9.17) is 23.5 Å². The summed E-state index contributed by atoms with van der Waals surface area (Å²) in [6, 6.07) is 15.2. The fraction of sp³-hybridized carbons (Fsp3) is 0.552. The Morgan fingerprint density at radius 2 is 1.55 bits per heavy atom. The molecule has 1 aliphatic heterocycles. The van der Waals surface area contributed by atoms with E-state index in [0.29, 0.717) is 16.9 Å². The normalized spacial score (nSPS) is 31.3. The highest BCUT2D eigenvalue weighted by Crippen LogP contribution is 2.63. The number of alkyl halides is 4. The molecular weight excluding hydrogens is 584 g/mol. The van der Waals surface area contributed by atoms with Crippen molar-refractivity contribution in [1.29, 1.82) is 0 Å². The molecule has 2 aromatic carbocycles. The average molecular weight is 615 g/mol.